The van der Waals surface area contributed by atoms with Crippen molar-refractivity contribution in [1.29, 1.82) is 0 Å². The van der Waals surface area contributed by atoms with Crippen molar-refractivity contribution in [3.63, 3.8) is 0 Å². The molecule has 186 valence electrons. The van der Waals surface area contributed by atoms with Gasteiger partial charge in [0.05, 0.1) is 11.4 Å². The van der Waals surface area contributed by atoms with Gasteiger partial charge in [-0.05, 0) is 75.9 Å². The zero-order chi connectivity index (χ0) is 26.2. The van der Waals surface area contributed by atoms with Crippen LogP contribution in [0.2, 0.25) is 0 Å². The van der Waals surface area contributed by atoms with E-state index in [1.165, 1.54) is 11.1 Å². The minimum atomic E-state index is 0.0483. The molecule has 5 aromatic rings. The van der Waals surface area contributed by atoms with E-state index in [1.807, 2.05) is 30.6 Å². The smallest absolute Gasteiger partial charge is 0.135 e. The van der Waals surface area contributed by atoms with Crippen LogP contribution < -0.4 is 4.74 Å². The Bertz CT molecular complexity index is 1570. The van der Waals surface area contributed by atoms with Gasteiger partial charge in [-0.2, -0.15) is 0 Å². The molecule has 0 saturated heterocycles. The molecule has 0 saturated carbocycles. The first-order chi connectivity index (χ1) is 17.6. The maximum absolute atomic E-state index is 6.56. The molecular formula is C34H34N2O. The summed E-state index contributed by atoms with van der Waals surface area (Å²) in [6.45, 7) is 13.3. The van der Waals surface area contributed by atoms with Crippen LogP contribution in [0.5, 0.6) is 11.5 Å². The van der Waals surface area contributed by atoms with Gasteiger partial charge in [-0.3, -0.25) is 9.97 Å². The lowest BCUT2D eigenvalue weighted by molar-refractivity contribution is 0.489. The van der Waals surface area contributed by atoms with Gasteiger partial charge in [0.2, 0.25) is 0 Å². The summed E-state index contributed by atoms with van der Waals surface area (Å²) in [5.74, 6) is 1.59. The van der Waals surface area contributed by atoms with Crippen molar-refractivity contribution in [2.45, 2.75) is 52.4 Å². The molecule has 0 aliphatic heterocycles. The summed E-state index contributed by atoms with van der Waals surface area (Å²) in [6.07, 6.45) is 3.78. The standard InChI is InChI=1S/C34H34N2O/c1-33(2,3)26-14-16-35-30(21-26)24-11-9-12-28(19-24)37-32-20-25(18-23-10-7-8-13-29(23)32)31-22-27(15-17-36-31)34(4,5)6/h7-22H,1-6H3. The van der Waals surface area contributed by atoms with Crippen molar-refractivity contribution in [2.24, 2.45) is 0 Å². The van der Waals surface area contributed by atoms with Gasteiger partial charge in [-0.25, -0.2) is 0 Å². The largest absolute Gasteiger partial charge is 0.457 e. The topological polar surface area (TPSA) is 35.0 Å². The fraction of sp³-hybridized carbons (Fsp3) is 0.235. The number of benzene rings is 3. The molecule has 3 nitrogen and oxygen atoms in total. The van der Waals surface area contributed by atoms with E-state index in [4.69, 9.17) is 9.72 Å². The number of pyridine rings is 2. The molecule has 0 aliphatic rings. The molecule has 2 heterocycles. The van der Waals surface area contributed by atoms with Gasteiger partial charge < -0.3 is 4.74 Å². The maximum Gasteiger partial charge on any atom is 0.135 e. The average Bonchev–Trinajstić information content (AvgIpc) is 2.88. The Balaban J connectivity index is 1.55. The van der Waals surface area contributed by atoms with Crippen LogP contribution in [-0.2, 0) is 10.8 Å². The maximum atomic E-state index is 6.56. The minimum absolute atomic E-state index is 0.0483. The fourth-order valence-corrected chi connectivity index (χ4v) is 4.46. The van der Waals surface area contributed by atoms with E-state index < -0.39 is 0 Å². The van der Waals surface area contributed by atoms with E-state index in [9.17, 15) is 0 Å². The highest BCUT2D eigenvalue weighted by Gasteiger charge is 2.17. The number of hydrogen-bond acceptors (Lipinski definition) is 3. The molecule has 0 N–H and O–H groups in total. The van der Waals surface area contributed by atoms with E-state index in [0.717, 1.165) is 44.8 Å². The van der Waals surface area contributed by atoms with Crippen molar-refractivity contribution >= 4 is 10.8 Å². The zero-order valence-electron chi connectivity index (χ0n) is 22.5. The van der Waals surface area contributed by atoms with Crippen molar-refractivity contribution < 1.29 is 4.74 Å². The van der Waals surface area contributed by atoms with E-state index in [2.05, 4.69) is 113 Å². The van der Waals surface area contributed by atoms with Crippen LogP contribution in [0, 0.1) is 0 Å². The Kier molecular flexibility index (Phi) is 6.33. The number of rotatable bonds is 4. The highest BCUT2D eigenvalue weighted by atomic mass is 16.5. The van der Waals surface area contributed by atoms with E-state index in [0.29, 0.717) is 0 Å². The van der Waals surface area contributed by atoms with Crippen LogP contribution in [0.4, 0.5) is 0 Å². The minimum Gasteiger partial charge on any atom is -0.457 e. The van der Waals surface area contributed by atoms with Crippen LogP contribution in [0.1, 0.15) is 52.7 Å². The summed E-state index contributed by atoms with van der Waals surface area (Å²) >= 11 is 0. The molecule has 5 rings (SSSR count). The lowest BCUT2D eigenvalue weighted by Gasteiger charge is -2.20. The lowest BCUT2D eigenvalue weighted by atomic mass is 9.87. The van der Waals surface area contributed by atoms with Gasteiger partial charge >= 0.3 is 0 Å². The molecule has 0 spiro atoms. The van der Waals surface area contributed by atoms with Gasteiger partial charge in [0.1, 0.15) is 11.5 Å². The summed E-state index contributed by atoms with van der Waals surface area (Å²) in [5, 5.41) is 2.19. The summed E-state index contributed by atoms with van der Waals surface area (Å²) in [4.78, 5) is 9.34. The number of nitrogens with zero attached hydrogens (tertiary/aromatic N) is 2. The number of aromatic nitrogens is 2. The molecule has 0 bridgehead atoms. The number of hydrogen-bond donors (Lipinski definition) is 0. The highest BCUT2D eigenvalue weighted by Crippen LogP contribution is 2.37. The van der Waals surface area contributed by atoms with Crippen molar-refractivity contribution in [2.75, 3.05) is 0 Å². The summed E-state index contributed by atoms with van der Waals surface area (Å²) < 4.78 is 6.56. The van der Waals surface area contributed by atoms with Gasteiger partial charge in [0.25, 0.3) is 0 Å². The van der Waals surface area contributed by atoms with Crippen LogP contribution in [0.3, 0.4) is 0 Å². The Labute approximate surface area is 220 Å². The summed E-state index contributed by atoms with van der Waals surface area (Å²) in [6, 6.07) is 29.3. The van der Waals surface area contributed by atoms with Crippen molar-refractivity contribution in [3.05, 3.63) is 108 Å². The third-order valence-corrected chi connectivity index (χ3v) is 6.73. The van der Waals surface area contributed by atoms with Crippen LogP contribution >= 0.6 is 0 Å². The second-order valence-electron chi connectivity index (χ2n) is 11.7. The van der Waals surface area contributed by atoms with Crippen LogP contribution in [0.25, 0.3) is 33.3 Å². The van der Waals surface area contributed by atoms with Gasteiger partial charge in [-0.15, -0.1) is 0 Å². The van der Waals surface area contributed by atoms with Gasteiger partial charge in [-0.1, -0.05) is 77.9 Å². The lowest BCUT2D eigenvalue weighted by Crippen LogP contribution is -2.11. The molecule has 2 aromatic heterocycles. The monoisotopic (exact) mass is 486 g/mol. The third-order valence-electron chi connectivity index (χ3n) is 6.73. The molecule has 0 unspecified atom stereocenters. The molecule has 0 fully saturated rings. The van der Waals surface area contributed by atoms with Gasteiger partial charge in [0.15, 0.2) is 0 Å². The molecular weight excluding hydrogens is 452 g/mol. The van der Waals surface area contributed by atoms with Crippen molar-refractivity contribution in [1.82, 2.24) is 9.97 Å². The summed E-state index contributed by atoms with van der Waals surface area (Å²) in [5.41, 5.74) is 6.58. The van der Waals surface area contributed by atoms with Crippen LogP contribution in [-0.4, -0.2) is 9.97 Å². The second kappa shape index (κ2) is 9.48. The predicted molar refractivity (Wildman–Crippen MR) is 154 cm³/mol. The average molecular weight is 487 g/mol. The third kappa shape index (κ3) is 5.41. The molecule has 0 aliphatic carbocycles. The van der Waals surface area contributed by atoms with E-state index in [1.54, 1.807) is 0 Å². The molecule has 0 radical (unpaired) electrons. The number of fused-ring (bicyclic) bond motifs is 1. The fourth-order valence-electron chi connectivity index (χ4n) is 4.46. The quantitative estimate of drug-likeness (QED) is 0.254. The molecule has 37 heavy (non-hydrogen) atoms. The Hall–Kier alpha value is -3.98. The first kappa shape index (κ1) is 24.7. The highest BCUT2D eigenvalue weighted by molar-refractivity contribution is 5.92. The number of ether oxygens (including phenoxy) is 1. The molecule has 3 heteroatoms. The van der Waals surface area contributed by atoms with Gasteiger partial charge in [0, 0.05) is 28.9 Å². The first-order valence-electron chi connectivity index (χ1n) is 12.8. The van der Waals surface area contributed by atoms with E-state index in [-0.39, 0.29) is 10.8 Å². The second-order valence-corrected chi connectivity index (χ2v) is 11.7. The van der Waals surface area contributed by atoms with E-state index >= 15 is 0 Å². The molecule has 0 atom stereocenters. The Morgan fingerprint density at radius 1 is 0.568 bits per heavy atom. The summed E-state index contributed by atoms with van der Waals surface area (Å²) in [7, 11) is 0. The molecule has 0 amide bonds. The first-order valence-corrected chi connectivity index (χ1v) is 12.8. The predicted octanol–water partition coefficient (Wildman–Crippen LogP) is 9.35. The SMILES string of the molecule is CC(C)(C)c1ccnc(-c2cccc(Oc3cc(-c4cc(C(C)(C)C)ccn4)cc4ccccc34)c2)c1. The zero-order valence-corrected chi connectivity index (χ0v) is 22.5. The Morgan fingerprint density at radius 2 is 1.19 bits per heavy atom. The van der Waals surface area contributed by atoms with Crippen molar-refractivity contribution in [3.8, 4) is 34.0 Å². The molecule has 3 aromatic carbocycles. The van der Waals surface area contributed by atoms with Crippen LogP contribution in [0.15, 0.2) is 97.3 Å². The normalized spacial score (nSPS) is 12.1. The Morgan fingerprint density at radius 3 is 1.84 bits per heavy atom.